The van der Waals surface area contributed by atoms with Crippen molar-refractivity contribution in [2.75, 3.05) is 11.9 Å². The minimum absolute atomic E-state index is 0.0982. The van der Waals surface area contributed by atoms with Gasteiger partial charge in [-0.15, -0.1) is 0 Å². The van der Waals surface area contributed by atoms with Gasteiger partial charge in [0.25, 0.3) is 0 Å². The molecule has 0 aliphatic carbocycles. The van der Waals surface area contributed by atoms with Gasteiger partial charge < -0.3 is 4.90 Å². The van der Waals surface area contributed by atoms with Crippen LogP contribution in [0.15, 0.2) is 18.2 Å². The maximum atomic E-state index is 2.43. The number of rotatable bonds is 2. The van der Waals surface area contributed by atoms with Crippen molar-refractivity contribution in [2.24, 2.45) is 5.41 Å². The van der Waals surface area contributed by atoms with E-state index < -0.39 is 0 Å². The summed E-state index contributed by atoms with van der Waals surface area (Å²) in [7, 11) is 2.21. The minimum Gasteiger partial charge on any atom is -0.369 e. The van der Waals surface area contributed by atoms with E-state index in [1.165, 1.54) is 16.8 Å². The van der Waals surface area contributed by atoms with Crippen LogP contribution in [0.1, 0.15) is 66.5 Å². The molecule has 0 atom stereocenters. The molecule has 0 aliphatic rings. The van der Waals surface area contributed by atoms with Crippen molar-refractivity contribution in [2.45, 2.75) is 73.3 Å². The van der Waals surface area contributed by atoms with Crippen molar-refractivity contribution in [3.05, 3.63) is 29.3 Å². The Morgan fingerprint density at radius 2 is 1.35 bits per heavy atom. The molecule has 114 valence electrons. The zero-order valence-electron chi connectivity index (χ0n) is 15.2. The van der Waals surface area contributed by atoms with Crippen molar-refractivity contribution < 1.29 is 0 Å². The number of nitrogens with zero attached hydrogens (tertiary/aromatic N) is 1. The van der Waals surface area contributed by atoms with Crippen LogP contribution in [0.3, 0.4) is 0 Å². The fraction of sp³-hybridized carbons (Fsp3) is 0.684. The van der Waals surface area contributed by atoms with Crippen molar-refractivity contribution >= 4 is 5.69 Å². The Hall–Kier alpha value is -0.980. The van der Waals surface area contributed by atoms with Gasteiger partial charge in [-0.25, -0.2) is 0 Å². The van der Waals surface area contributed by atoms with Crippen LogP contribution in [0, 0.1) is 12.3 Å². The highest BCUT2D eigenvalue weighted by molar-refractivity contribution is 5.56. The molecule has 0 saturated carbocycles. The summed E-state index contributed by atoms with van der Waals surface area (Å²) >= 11 is 0. The minimum atomic E-state index is 0.0982. The molecular weight excluding hydrogens is 242 g/mol. The van der Waals surface area contributed by atoms with Crippen molar-refractivity contribution in [3.63, 3.8) is 0 Å². The van der Waals surface area contributed by atoms with E-state index in [9.17, 15) is 0 Å². The molecule has 0 amide bonds. The molecular formula is C19H33N. The van der Waals surface area contributed by atoms with Crippen LogP contribution in [0.2, 0.25) is 0 Å². The Labute approximate surface area is 126 Å². The van der Waals surface area contributed by atoms with Gasteiger partial charge in [0.15, 0.2) is 0 Å². The summed E-state index contributed by atoms with van der Waals surface area (Å²) in [5.74, 6) is 0. The molecule has 0 heterocycles. The lowest BCUT2D eigenvalue weighted by molar-refractivity contribution is 0.221. The highest BCUT2D eigenvalue weighted by atomic mass is 15.2. The molecule has 0 spiro atoms. The summed E-state index contributed by atoms with van der Waals surface area (Å²) in [5, 5.41) is 0. The third kappa shape index (κ3) is 3.19. The largest absolute Gasteiger partial charge is 0.369 e. The average molecular weight is 275 g/mol. The Bertz CT molecular complexity index is 470. The molecule has 1 nitrogen and oxygen atoms in total. The van der Waals surface area contributed by atoms with Crippen molar-refractivity contribution in [1.29, 1.82) is 0 Å². The second-order valence-corrected chi connectivity index (χ2v) is 8.62. The summed E-state index contributed by atoms with van der Waals surface area (Å²) < 4.78 is 0. The molecule has 0 N–H and O–H groups in total. The van der Waals surface area contributed by atoms with Crippen molar-refractivity contribution in [3.8, 4) is 0 Å². The summed E-state index contributed by atoms with van der Waals surface area (Å²) in [6.45, 7) is 20.6. The summed E-state index contributed by atoms with van der Waals surface area (Å²) in [6.07, 6.45) is 0. The molecule has 20 heavy (non-hydrogen) atoms. The zero-order chi connectivity index (χ0) is 15.9. The topological polar surface area (TPSA) is 3.24 Å². The second-order valence-electron chi connectivity index (χ2n) is 8.62. The van der Waals surface area contributed by atoms with Gasteiger partial charge in [0.2, 0.25) is 0 Å². The van der Waals surface area contributed by atoms with Crippen LogP contribution >= 0.6 is 0 Å². The van der Waals surface area contributed by atoms with E-state index in [1.54, 1.807) is 0 Å². The molecule has 0 fully saturated rings. The van der Waals surface area contributed by atoms with Crippen LogP contribution in [0.5, 0.6) is 0 Å². The average Bonchev–Trinajstić information content (AvgIpc) is 2.25. The number of aryl methyl sites for hydroxylation is 1. The van der Waals surface area contributed by atoms with Gasteiger partial charge >= 0.3 is 0 Å². The monoisotopic (exact) mass is 275 g/mol. The predicted octanol–water partition coefficient (Wildman–Crippen LogP) is 5.55. The molecule has 0 radical (unpaired) electrons. The molecule has 0 saturated heterocycles. The SMILES string of the molecule is Cc1cc(C(C)(C)C)ccc1N(C)C(C)(C)C(C)(C)C. The first-order chi connectivity index (χ1) is 8.78. The smallest absolute Gasteiger partial charge is 0.0398 e. The maximum absolute atomic E-state index is 2.43. The summed E-state index contributed by atoms with van der Waals surface area (Å²) in [6, 6.07) is 6.89. The van der Waals surface area contributed by atoms with E-state index in [1.807, 2.05) is 0 Å². The number of anilines is 1. The lowest BCUT2D eigenvalue weighted by Gasteiger charge is -2.48. The molecule has 1 aromatic rings. The summed E-state index contributed by atoms with van der Waals surface area (Å²) in [4.78, 5) is 2.43. The van der Waals surface area contributed by atoms with Crippen LogP contribution < -0.4 is 4.90 Å². The van der Waals surface area contributed by atoms with E-state index in [0.29, 0.717) is 0 Å². The Morgan fingerprint density at radius 1 is 0.850 bits per heavy atom. The quantitative estimate of drug-likeness (QED) is 0.683. The molecule has 1 rings (SSSR count). The normalized spacial score (nSPS) is 13.5. The molecule has 0 unspecified atom stereocenters. The number of benzene rings is 1. The molecule has 0 aromatic heterocycles. The predicted molar refractivity (Wildman–Crippen MR) is 91.8 cm³/mol. The molecule has 1 aromatic carbocycles. The van der Waals surface area contributed by atoms with Gasteiger partial charge in [0.05, 0.1) is 0 Å². The van der Waals surface area contributed by atoms with Gasteiger partial charge in [0, 0.05) is 18.3 Å². The van der Waals surface area contributed by atoms with E-state index in [4.69, 9.17) is 0 Å². The van der Waals surface area contributed by atoms with Crippen LogP contribution in [0.4, 0.5) is 5.69 Å². The first kappa shape index (κ1) is 17.1. The van der Waals surface area contributed by atoms with Crippen molar-refractivity contribution in [1.82, 2.24) is 0 Å². The lowest BCUT2D eigenvalue weighted by atomic mass is 9.75. The molecule has 0 aliphatic heterocycles. The third-order valence-electron chi connectivity index (χ3n) is 5.10. The third-order valence-corrected chi connectivity index (χ3v) is 5.10. The van der Waals surface area contributed by atoms with Crippen LogP contribution in [-0.2, 0) is 5.41 Å². The number of hydrogen-bond donors (Lipinski definition) is 0. The van der Waals surface area contributed by atoms with E-state index in [-0.39, 0.29) is 16.4 Å². The fourth-order valence-corrected chi connectivity index (χ4v) is 2.30. The Balaban J connectivity index is 3.23. The van der Waals surface area contributed by atoms with Gasteiger partial charge in [-0.1, -0.05) is 53.7 Å². The highest BCUT2D eigenvalue weighted by Crippen LogP contribution is 2.38. The lowest BCUT2D eigenvalue weighted by Crippen LogP contribution is -2.51. The second kappa shape index (κ2) is 5.09. The van der Waals surface area contributed by atoms with E-state index in [2.05, 4.69) is 92.5 Å². The van der Waals surface area contributed by atoms with E-state index in [0.717, 1.165) is 0 Å². The highest BCUT2D eigenvalue weighted by Gasteiger charge is 2.37. The Kier molecular flexibility index (Phi) is 4.35. The maximum Gasteiger partial charge on any atom is 0.0398 e. The van der Waals surface area contributed by atoms with E-state index >= 15 is 0 Å². The fourth-order valence-electron chi connectivity index (χ4n) is 2.30. The van der Waals surface area contributed by atoms with Gasteiger partial charge in [0.1, 0.15) is 0 Å². The van der Waals surface area contributed by atoms with Gasteiger partial charge in [-0.3, -0.25) is 0 Å². The van der Waals surface area contributed by atoms with Crippen LogP contribution in [0.25, 0.3) is 0 Å². The first-order valence-electron chi connectivity index (χ1n) is 7.63. The van der Waals surface area contributed by atoms with Crippen LogP contribution in [-0.4, -0.2) is 12.6 Å². The first-order valence-corrected chi connectivity index (χ1v) is 7.63. The summed E-state index contributed by atoms with van der Waals surface area (Å²) in [5.41, 5.74) is 4.62. The van der Waals surface area contributed by atoms with Gasteiger partial charge in [-0.05, 0) is 48.8 Å². The Morgan fingerprint density at radius 3 is 1.70 bits per heavy atom. The molecule has 1 heteroatoms. The zero-order valence-corrected chi connectivity index (χ0v) is 15.2. The standard InChI is InChI=1S/C19H33N/c1-14-13-15(17(2,3)4)11-12-16(14)20(10)19(8,9)18(5,6)7/h11-13H,1-10H3. The number of hydrogen-bond acceptors (Lipinski definition) is 1. The molecule has 0 bridgehead atoms. The van der Waals surface area contributed by atoms with Gasteiger partial charge in [-0.2, -0.15) is 0 Å².